The number of oxazole rings is 1. The zero-order chi connectivity index (χ0) is 19.0. The van der Waals surface area contributed by atoms with E-state index in [1.54, 1.807) is 19.2 Å². The first-order valence-electron chi connectivity index (χ1n) is 8.80. The Morgan fingerprint density at radius 1 is 1.15 bits per heavy atom. The third-order valence-electron chi connectivity index (χ3n) is 4.83. The molecule has 0 atom stereocenters. The maximum atomic E-state index is 13.3. The van der Waals surface area contributed by atoms with Gasteiger partial charge in [-0.05, 0) is 36.8 Å². The number of nitrogens with zero attached hydrogens (tertiary/aromatic N) is 3. The molecule has 4 rings (SSSR count). The summed E-state index contributed by atoms with van der Waals surface area (Å²) in [6, 6.07) is 10.2. The number of ether oxygens (including phenoxy) is 1. The predicted octanol–water partition coefficient (Wildman–Crippen LogP) is 3.25. The SMILES string of the molecule is COc1cc(C(=O)N2CCN(c3nc4cc(F)ccc4o3)CC2)ccc1C. The summed E-state index contributed by atoms with van der Waals surface area (Å²) >= 11 is 0. The van der Waals surface area contributed by atoms with Gasteiger partial charge in [-0.1, -0.05) is 6.07 Å². The summed E-state index contributed by atoms with van der Waals surface area (Å²) in [5.74, 6) is 0.345. The number of aromatic nitrogens is 1. The number of carbonyl (C=O) groups excluding carboxylic acids is 1. The van der Waals surface area contributed by atoms with Crippen LogP contribution in [0.2, 0.25) is 0 Å². The summed E-state index contributed by atoms with van der Waals surface area (Å²) in [6.45, 7) is 4.26. The molecule has 1 saturated heterocycles. The summed E-state index contributed by atoms with van der Waals surface area (Å²) < 4.78 is 24.3. The zero-order valence-electron chi connectivity index (χ0n) is 15.2. The summed E-state index contributed by atoms with van der Waals surface area (Å²) in [5.41, 5.74) is 2.65. The highest BCUT2D eigenvalue weighted by Gasteiger charge is 2.25. The Bertz CT molecular complexity index is 993. The number of piperazine rings is 1. The Hall–Kier alpha value is -3.09. The molecule has 7 heteroatoms. The van der Waals surface area contributed by atoms with Gasteiger partial charge in [0, 0.05) is 37.8 Å². The van der Waals surface area contributed by atoms with Crippen LogP contribution in [0.5, 0.6) is 5.75 Å². The lowest BCUT2D eigenvalue weighted by Gasteiger charge is -2.33. The maximum Gasteiger partial charge on any atom is 0.298 e. The molecule has 6 nitrogen and oxygen atoms in total. The molecule has 0 saturated carbocycles. The van der Waals surface area contributed by atoms with Gasteiger partial charge in [0.1, 0.15) is 17.1 Å². The van der Waals surface area contributed by atoms with Gasteiger partial charge in [0.05, 0.1) is 7.11 Å². The van der Waals surface area contributed by atoms with E-state index in [4.69, 9.17) is 9.15 Å². The molecule has 27 heavy (non-hydrogen) atoms. The maximum absolute atomic E-state index is 13.3. The summed E-state index contributed by atoms with van der Waals surface area (Å²) in [5, 5.41) is 0. The molecule has 0 radical (unpaired) electrons. The Morgan fingerprint density at radius 2 is 1.93 bits per heavy atom. The third-order valence-corrected chi connectivity index (χ3v) is 4.83. The molecule has 1 fully saturated rings. The molecular formula is C20H20FN3O3. The highest BCUT2D eigenvalue weighted by Crippen LogP contribution is 2.24. The number of halogens is 1. The fraction of sp³-hybridized carbons (Fsp3) is 0.300. The highest BCUT2D eigenvalue weighted by atomic mass is 19.1. The van der Waals surface area contributed by atoms with Gasteiger partial charge in [0.15, 0.2) is 5.58 Å². The van der Waals surface area contributed by atoms with Gasteiger partial charge in [-0.3, -0.25) is 4.79 Å². The van der Waals surface area contributed by atoms with Crippen molar-refractivity contribution in [2.45, 2.75) is 6.92 Å². The van der Waals surface area contributed by atoms with Crippen molar-refractivity contribution < 1.29 is 18.3 Å². The molecule has 2 heterocycles. The van der Waals surface area contributed by atoms with Gasteiger partial charge >= 0.3 is 0 Å². The number of hydrogen-bond donors (Lipinski definition) is 0. The smallest absolute Gasteiger partial charge is 0.298 e. The van der Waals surface area contributed by atoms with Crippen LogP contribution in [0.3, 0.4) is 0 Å². The second kappa shape index (κ2) is 6.90. The lowest BCUT2D eigenvalue weighted by molar-refractivity contribution is 0.0744. The van der Waals surface area contributed by atoms with Crippen LogP contribution in [0.25, 0.3) is 11.1 Å². The van der Waals surface area contributed by atoms with Crippen molar-refractivity contribution in [2.75, 3.05) is 38.2 Å². The van der Waals surface area contributed by atoms with E-state index in [9.17, 15) is 9.18 Å². The molecule has 140 valence electrons. The lowest BCUT2D eigenvalue weighted by atomic mass is 10.1. The number of aryl methyl sites for hydroxylation is 1. The predicted molar refractivity (Wildman–Crippen MR) is 99.8 cm³/mol. The van der Waals surface area contributed by atoms with Crippen LogP contribution in [0.15, 0.2) is 40.8 Å². The van der Waals surface area contributed by atoms with Crippen LogP contribution in [-0.4, -0.2) is 49.1 Å². The second-order valence-electron chi connectivity index (χ2n) is 6.57. The van der Waals surface area contributed by atoms with Crippen molar-refractivity contribution in [3.05, 3.63) is 53.3 Å². The minimum atomic E-state index is -0.341. The monoisotopic (exact) mass is 369 g/mol. The van der Waals surface area contributed by atoms with E-state index in [1.807, 2.05) is 28.9 Å². The van der Waals surface area contributed by atoms with Crippen LogP contribution >= 0.6 is 0 Å². The van der Waals surface area contributed by atoms with E-state index < -0.39 is 0 Å². The molecule has 1 aliphatic rings. The molecule has 0 unspecified atom stereocenters. The zero-order valence-corrected chi connectivity index (χ0v) is 15.2. The fourth-order valence-electron chi connectivity index (χ4n) is 3.26. The Morgan fingerprint density at radius 3 is 2.67 bits per heavy atom. The topological polar surface area (TPSA) is 58.8 Å². The number of rotatable bonds is 3. The average molecular weight is 369 g/mol. The summed E-state index contributed by atoms with van der Waals surface area (Å²) in [4.78, 5) is 20.9. The van der Waals surface area contributed by atoms with Crippen molar-refractivity contribution in [1.29, 1.82) is 0 Å². The third kappa shape index (κ3) is 3.32. The number of carbonyl (C=O) groups is 1. The van der Waals surface area contributed by atoms with Crippen molar-refractivity contribution in [3.63, 3.8) is 0 Å². The van der Waals surface area contributed by atoms with Gasteiger partial charge < -0.3 is 19.0 Å². The molecule has 1 amide bonds. The van der Waals surface area contributed by atoms with Crippen molar-refractivity contribution in [2.24, 2.45) is 0 Å². The van der Waals surface area contributed by atoms with E-state index in [1.165, 1.54) is 12.1 Å². The molecule has 0 spiro atoms. The molecule has 0 bridgehead atoms. The first kappa shape index (κ1) is 17.3. The number of methoxy groups -OCH3 is 1. The summed E-state index contributed by atoms with van der Waals surface area (Å²) in [6.07, 6.45) is 0. The van der Waals surface area contributed by atoms with Crippen LogP contribution < -0.4 is 9.64 Å². The average Bonchev–Trinajstić information content (AvgIpc) is 3.11. The van der Waals surface area contributed by atoms with E-state index in [2.05, 4.69) is 4.98 Å². The highest BCUT2D eigenvalue weighted by molar-refractivity contribution is 5.95. The normalized spacial score (nSPS) is 14.6. The van der Waals surface area contributed by atoms with Crippen molar-refractivity contribution >= 4 is 23.0 Å². The van der Waals surface area contributed by atoms with Crippen LogP contribution in [-0.2, 0) is 0 Å². The Labute approximate surface area is 156 Å². The minimum Gasteiger partial charge on any atom is -0.496 e. The Kier molecular flexibility index (Phi) is 4.43. The van der Waals surface area contributed by atoms with Crippen molar-refractivity contribution in [3.8, 4) is 5.75 Å². The quantitative estimate of drug-likeness (QED) is 0.709. The summed E-state index contributed by atoms with van der Waals surface area (Å²) in [7, 11) is 1.60. The molecule has 3 aromatic rings. The number of anilines is 1. The number of hydrogen-bond acceptors (Lipinski definition) is 5. The van der Waals surface area contributed by atoms with Crippen LogP contribution in [0.1, 0.15) is 15.9 Å². The fourth-order valence-corrected chi connectivity index (χ4v) is 3.26. The van der Waals surface area contributed by atoms with Gasteiger partial charge in [0.2, 0.25) is 0 Å². The Balaban J connectivity index is 1.45. The van der Waals surface area contributed by atoms with E-state index in [-0.39, 0.29) is 11.7 Å². The molecule has 1 aliphatic heterocycles. The molecular weight excluding hydrogens is 349 g/mol. The second-order valence-corrected chi connectivity index (χ2v) is 6.57. The molecule has 0 aliphatic carbocycles. The largest absolute Gasteiger partial charge is 0.496 e. The van der Waals surface area contributed by atoms with E-state index >= 15 is 0 Å². The van der Waals surface area contributed by atoms with Crippen LogP contribution in [0.4, 0.5) is 10.4 Å². The van der Waals surface area contributed by atoms with Gasteiger partial charge in [-0.15, -0.1) is 0 Å². The standard InChI is InChI=1S/C20H20FN3O3/c1-13-3-4-14(11-18(13)26-2)19(25)23-7-9-24(10-8-23)20-22-16-12-15(21)5-6-17(16)27-20/h3-6,11-12H,7-10H2,1-2H3. The van der Waals surface area contributed by atoms with E-state index in [0.29, 0.717) is 54.6 Å². The molecule has 0 N–H and O–H groups in total. The number of amides is 1. The molecule has 1 aromatic heterocycles. The lowest BCUT2D eigenvalue weighted by Crippen LogP contribution is -2.48. The molecule has 2 aromatic carbocycles. The minimum absolute atomic E-state index is 0.0208. The van der Waals surface area contributed by atoms with Crippen LogP contribution in [0, 0.1) is 12.7 Å². The van der Waals surface area contributed by atoms with Gasteiger partial charge in [0.25, 0.3) is 11.9 Å². The van der Waals surface area contributed by atoms with E-state index in [0.717, 1.165) is 5.56 Å². The number of fused-ring (bicyclic) bond motifs is 1. The van der Waals surface area contributed by atoms with Gasteiger partial charge in [-0.2, -0.15) is 4.98 Å². The number of benzene rings is 2. The first-order valence-corrected chi connectivity index (χ1v) is 8.80. The van der Waals surface area contributed by atoms with Gasteiger partial charge in [-0.25, -0.2) is 4.39 Å². The van der Waals surface area contributed by atoms with Crippen molar-refractivity contribution in [1.82, 2.24) is 9.88 Å². The first-order chi connectivity index (χ1) is 13.0.